The number of carboxylic acids is 1. The lowest BCUT2D eigenvalue weighted by molar-refractivity contribution is -0.159. The van der Waals surface area contributed by atoms with Gasteiger partial charge in [-0.05, 0) is 6.92 Å². The van der Waals surface area contributed by atoms with Crippen molar-refractivity contribution in [1.29, 1.82) is 0 Å². The lowest BCUT2D eigenvalue weighted by Gasteiger charge is -2.46. The molecule has 1 aliphatic rings. The lowest BCUT2D eigenvalue weighted by atomic mass is 9.96. The molecule has 0 spiro atoms. The normalized spacial score (nSPS) is 17.1. The molecule has 18 heavy (non-hydrogen) atoms. The fourth-order valence-corrected chi connectivity index (χ4v) is 1.80. The Balaban J connectivity index is 1.89. The number of hydrogen-bond donors (Lipinski definition) is 1. The van der Waals surface area contributed by atoms with Gasteiger partial charge in [-0.1, -0.05) is 0 Å². The maximum absolute atomic E-state index is 11.9. The summed E-state index contributed by atoms with van der Waals surface area (Å²) in [6, 6.07) is 0. The van der Waals surface area contributed by atoms with Crippen LogP contribution >= 0.6 is 0 Å². The summed E-state index contributed by atoms with van der Waals surface area (Å²) in [6.07, 6.45) is 4.34. The highest BCUT2D eigenvalue weighted by molar-refractivity contribution is 5.92. The van der Waals surface area contributed by atoms with Crippen LogP contribution in [-0.2, 0) is 9.53 Å². The molecule has 0 atom stereocenters. The standard InChI is InChI=1S/C11H13N3O4/c1-11(18-5-9(15)16)6-14(7-11)10(17)8-4-12-2-3-13-8/h2-4H,5-7H2,1H3,(H,15,16). The second-order valence-electron chi connectivity index (χ2n) is 4.38. The smallest absolute Gasteiger partial charge is 0.329 e. The third kappa shape index (κ3) is 2.62. The Kier molecular flexibility index (Phi) is 3.24. The van der Waals surface area contributed by atoms with Crippen LogP contribution in [0.15, 0.2) is 18.6 Å². The van der Waals surface area contributed by atoms with E-state index in [0.717, 1.165) is 0 Å². The molecule has 1 aliphatic heterocycles. The predicted molar refractivity (Wildman–Crippen MR) is 59.9 cm³/mol. The first-order chi connectivity index (χ1) is 8.50. The number of likely N-dealkylation sites (tertiary alicyclic amines) is 1. The van der Waals surface area contributed by atoms with E-state index < -0.39 is 11.6 Å². The van der Waals surface area contributed by atoms with Crippen LogP contribution in [0.25, 0.3) is 0 Å². The average molecular weight is 251 g/mol. The first kappa shape index (κ1) is 12.4. The molecule has 0 aromatic carbocycles. The summed E-state index contributed by atoms with van der Waals surface area (Å²) in [5.41, 5.74) is -0.311. The number of nitrogens with zero attached hydrogens (tertiary/aromatic N) is 3. The molecule has 1 fully saturated rings. The monoisotopic (exact) mass is 251 g/mol. The van der Waals surface area contributed by atoms with Crippen LogP contribution in [-0.4, -0.2) is 57.1 Å². The Bertz CT molecular complexity index is 457. The highest BCUT2D eigenvalue weighted by Crippen LogP contribution is 2.25. The van der Waals surface area contributed by atoms with Crippen molar-refractivity contribution < 1.29 is 19.4 Å². The molecule has 0 radical (unpaired) electrons. The SMILES string of the molecule is CC1(OCC(=O)O)CN(C(=O)c2cnccn2)C1. The molecule has 0 unspecified atom stereocenters. The number of ether oxygens (including phenoxy) is 1. The highest BCUT2D eigenvalue weighted by atomic mass is 16.5. The van der Waals surface area contributed by atoms with Crippen molar-refractivity contribution in [3.05, 3.63) is 24.3 Å². The second-order valence-corrected chi connectivity index (χ2v) is 4.38. The quantitative estimate of drug-likeness (QED) is 0.796. The van der Waals surface area contributed by atoms with Gasteiger partial charge in [0.2, 0.25) is 0 Å². The van der Waals surface area contributed by atoms with Gasteiger partial charge in [0.1, 0.15) is 17.9 Å². The van der Waals surface area contributed by atoms with Crippen LogP contribution < -0.4 is 0 Å². The molecule has 0 aliphatic carbocycles. The van der Waals surface area contributed by atoms with Crippen LogP contribution in [0.1, 0.15) is 17.4 Å². The minimum atomic E-state index is -1.02. The van der Waals surface area contributed by atoms with E-state index in [1.807, 2.05) is 0 Å². The molecule has 7 heteroatoms. The number of rotatable bonds is 4. The van der Waals surface area contributed by atoms with Crippen molar-refractivity contribution in [2.24, 2.45) is 0 Å². The van der Waals surface area contributed by atoms with Crippen LogP contribution in [0.2, 0.25) is 0 Å². The lowest BCUT2D eigenvalue weighted by Crippen LogP contribution is -2.63. The third-order valence-electron chi connectivity index (χ3n) is 2.66. The molecule has 0 bridgehead atoms. The molecular formula is C11H13N3O4. The van der Waals surface area contributed by atoms with Crippen molar-refractivity contribution in [1.82, 2.24) is 14.9 Å². The number of carbonyl (C=O) groups is 2. The molecular weight excluding hydrogens is 238 g/mol. The van der Waals surface area contributed by atoms with Gasteiger partial charge in [-0.25, -0.2) is 9.78 Å². The van der Waals surface area contributed by atoms with E-state index in [4.69, 9.17) is 9.84 Å². The zero-order chi connectivity index (χ0) is 13.2. The third-order valence-corrected chi connectivity index (χ3v) is 2.66. The fourth-order valence-electron chi connectivity index (χ4n) is 1.80. The Morgan fingerprint density at radius 3 is 2.78 bits per heavy atom. The highest BCUT2D eigenvalue weighted by Gasteiger charge is 2.43. The molecule has 2 heterocycles. The van der Waals surface area contributed by atoms with Crippen LogP contribution in [0.4, 0.5) is 0 Å². The Morgan fingerprint density at radius 2 is 2.22 bits per heavy atom. The van der Waals surface area contributed by atoms with E-state index in [1.54, 1.807) is 11.8 Å². The van der Waals surface area contributed by atoms with Gasteiger partial charge in [0.05, 0.1) is 19.3 Å². The zero-order valence-electron chi connectivity index (χ0n) is 9.87. The van der Waals surface area contributed by atoms with Gasteiger partial charge >= 0.3 is 5.97 Å². The molecule has 1 saturated heterocycles. The minimum Gasteiger partial charge on any atom is -0.480 e. The van der Waals surface area contributed by atoms with Gasteiger partial charge < -0.3 is 14.7 Å². The number of aromatic nitrogens is 2. The maximum atomic E-state index is 11.9. The van der Waals surface area contributed by atoms with Gasteiger partial charge in [-0.15, -0.1) is 0 Å². The Labute approximate surface area is 103 Å². The molecule has 1 aromatic rings. The first-order valence-corrected chi connectivity index (χ1v) is 5.41. The van der Waals surface area contributed by atoms with E-state index in [9.17, 15) is 9.59 Å². The number of carbonyl (C=O) groups excluding carboxylic acids is 1. The van der Waals surface area contributed by atoms with Gasteiger partial charge in [-0.3, -0.25) is 9.78 Å². The Hall–Kier alpha value is -2.02. The molecule has 7 nitrogen and oxygen atoms in total. The number of hydrogen-bond acceptors (Lipinski definition) is 5. The zero-order valence-corrected chi connectivity index (χ0v) is 9.87. The molecule has 96 valence electrons. The van der Waals surface area contributed by atoms with Gasteiger partial charge in [0.15, 0.2) is 0 Å². The van der Waals surface area contributed by atoms with Crippen molar-refractivity contribution in [3.8, 4) is 0 Å². The largest absolute Gasteiger partial charge is 0.480 e. The summed E-state index contributed by atoms with van der Waals surface area (Å²) in [7, 11) is 0. The second kappa shape index (κ2) is 4.69. The first-order valence-electron chi connectivity index (χ1n) is 5.41. The maximum Gasteiger partial charge on any atom is 0.329 e. The molecule has 1 N–H and O–H groups in total. The predicted octanol–water partition coefficient (Wildman–Crippen LogP) is -0.208. The van der Waals surface area contributed by atoms with Crippen molar-refractivity contribution >= 4 is 11.9 Å². The van der Waals surface area contributed by atoms with Gasteiger partial charge in [-0.2, -0.15) is 0 Å². The molecule has 2 rings (SSSR count). The molecule has 1 amide bonds. The van der Waals surface area contributed by atoms with E-state index in [-0.39, 0.29) is 18.2 Å². The van der Waals surface area contributed by atoms with Crippen molar-refractivity contribution in [3.63, 3.8) is 0 Å². The topological polar surface area (TPSA) is 92.6 Å². The van der Waals surface area contributed by atoms with Crippen LogP contribution in [0, 0.1) is 0 Å². The summed E-state index contributed by atoms with van der Waals surface area (Å²) in [5.74, 6) is -1.24. The summed E-state index contributed by atoms with van der Waals surface area (Å²) >= 11 is 0. The summed E-state index contributed by atoms with van der Waals surface area (Å²) < 4.78 is 5.21. The Morgan fingerprint density at radius 1 is 1.50 bits per heavy atom. The number of carboxylic acid groups (broad SMARTS) is 1. The average Bonchev–Trinajstić information content (AvgIpc) is 2.33. The van der Waals surface area contributed by atoms with E-state index in [0.29, 0.717) is 13.1 Å². The van der Waals surface area contributed by atoms with Gasteiger partial charge in [0.25, 0.3) is 5.91 Å². The van der Waals surface area contributed by atoms with Crippen LogP contribution in [0.5, 0.6) is 0 Å². The summed E-state index contributed by atoms with van der Waals surface area (Å²) in [5, 5.41) is 8.53. The van der Waals surface area contributed by atoms with E-state index in [2.05, 4.69) is 9.97 Å². The van der Waals surface area contributed by atoms with Crippen LogP contribution in [0.3, 0.4) is 0 Å². The number of aliphatic carboxylic acids is 1. The summed E-state index contributed by atoms with van der Waals surface area (Å²) in [6.45, 7) is 2.13. The number of amides is 1. The summed E-state index contributed by atoms with van der Waals surface area (Å²) in [4.78, 5) is 31.6. The fraction of sp³-hybridized carbons (Fsp3) is 0.455. The molecule has 0 saturated carbocycles. The van der Waals surface area contributed by atoms with Crippen molar-refractivity contribution in [2.45, 2.75) is 12.5 Å². The minimum absolute atomic E-state index is 0.223. The van der Waals surface area contributed by atoms with Crippen molar-refractivity contribution in [2.75, 3.05) is 19.7 Å². The van der Waals surface area contributed by atoms with E-state index >= 15 is 0 Å². The van der Waals surface area contributed by atoms with E-state index in [1.165, 1.54) is 18.6 Å². The molecule has 1 aromatic heterocycles. The van der Waals surface area contributed by atoms with Gasteiger partial charge in [0, 0.05) is 12.4 Å².